The molecule has 0 aliphatic carbocycles. The highest BCUT2D eigenvalue weighted by Crippen LogP contribution is 2.44. The summed E-state index contributed by atoms with van der Waals surface area (Å²) in [5.74, 6) is -0.0631. The number of aryl methyl sites for hydroxylation is 1. The second-order valence-corrected chi connectivity index (χ2v) is 10.8. The Balaban J connectivity index is 3.17. The van der Waals surface area contributed by atoms with E-state index in [1.165, 1.54) is 6.92 Å². The van der Waals surface area contributed by atoms with Gasteiger partial charge in [0.1, 0.15) is 6.10 Å². The van der Waals surface area contributed by atoms with Crippen LogP contribution in [0.5, 0.6) is 0 Å². The molecule has 3 nitrogen and oxygen atoms in total. The van der Waals surface area contributed by atoms with Crippen LogP contribution in [0.15, 0.2) is 24.3 Å². The maximum absolute atomic E-state index is 11.9. The molecule has 0 aliphatic heterocycles. The number of aliphatic hydroxyl groups excluding tert-OH is 1. The van der Waals surface area contributed by atoms with Gasteiger partial charge in [-0.1, -0.05) is 68.6 Å². The van der Waals surface area contributed by atoms with E-state index in [9.17, 15) is 13.5 Å². The third kappa shape index (κ3) is 3.10. The first kappa shape index (κ1) is 15.1. The fraction of sp³-hybridized carbons (Fsp3) is 0.455. The Bertz CT molecular complexity index is 497. The maximum atomic E-state index is 11.9. The van der Waals surface area contributed by atoms with Gasteiger partial charge in [0.15, 0.2) is 9.84 Å². The zero-order valence-corrected chi connectivity index (χ0v) is 13.5. The molecule has 0 saturated carbocycles. The Labute approximate surface area is 118 Å². The molecule has 0 heterocycles. The van der Waals surface area contributed by atoms with Gasteiger partial charge in [0.25, 0.3) is 0 Å². The second-order valence-electron chi connectivity index (χ2n) is 3.78. The summed E-state index contributed by atoms with van der Waals surface area (Å²) in [6.07, 6.45) is -1.17. The molecular formula is C11H14Br2O3S. The van der Waals surface area contributed by atoms with Gasteiger partial charge in [0.05, 0.1) is 0 Å². The van der Waals surface area contributed by atoms with Gasteiger partial charge in [-0.3, -0.25) is 0 Å². The van der Waals surface area contributed by atoms with E-state index in [0.717, 1.165) is 5.56 Å². The summed E-state index contributed by atoms with van der Waals surface area (Å²) in [6, 6.07) is 7.12. The lowest BCUT2D eigenvalue weighted by Crippen LogP contribution is -2.33. The van der Waals surface area contributed by atoms with E-state index < -0.39 is 18.5 Å². The van der Waals surface area contributed by atoms with E-state index in [2.05, 4.69) is 31.9 Å². The Hall–Kier alpha value is 0.0900. The number of benzene rings is 1. The van der Waals surface area contributed by atoms with Crippen LogP contribution >= 0.6 is 31.9 Å². The van der Waals surface area contributed by atoms with Crippen LogP contribution in [0.1, 0.15) is 24.2 Å². The summed E-state index contributed by atoms with van der Waals surface area (Å²) >= 11 is 6.14. The number of halogens is 2. The number of aliphatic hydroxyl groups is 1. The summed E-state index contributed by atoms with van der Waals surface area (Å²) in [4.78, 5) is 0. The Morgan fingerprint density at radius 3 is 2.47 bits per heavy atom. The number of sulfone groups is 1. The van der Waals surface area contributed by atoms with E-state index in [0.29, 0.717) is 5.56 Å². The lowest BCUT2D eigenvalue weighted by molar-refractivity contribution is 0.188. The Morgan fingerprint density at radius 1 is 1.41 bits per heavy atom. The average molecular weight is 386 g/mol. The molecule has 0 radical (unpaired) electrons. The van der Waals surface area contributed by atoms with Crippen LogP contribution in [-0.4, -0.2) is 21.8 Å². The van der Waals surface area contributed by atoms with E-state index in [1.54, 1.807) is 18.2 Å². The van der Waals surface area contributed by atoms with Crippen molar-refractivity contribution in [2.24, 2.45) is 0 Å². The SMILES string of the molecule is CCS(=O)(=O)C(Br)(Br)[C@@H](O)c1cccc(C)c1. The van der Waals surface area contributed by atoms with Gasteiger partial charge in [-0.15, -0.1) is 0 Å². The lowest BCUT2D eigenvalue weighted by Gasteiger charge is -2.26. The Morgan fingerprint density at radius 2 is 2.00 bits per heavy atom. The summed E-state index contributed by atoms with van der Waals surface area (Å²) in [5.41, 5.74) is 1.52. The predicted molar refractivity (Wildman–Crippen MR) is 76.2 cm³/mol. The quantitative estimate of drug-likeness (QED) is 0.810. The van der Waals surface area contributed by atoms with Crippen molar-refractivity contribution in [3.63, 3.8) is 0 Å². The molecule has 1 aromatic carbocycles. The fourth-order valence-electron chi connectivity index (χ4n) is 1.40. The molecular weight excluding hydrogens is 372 g/mol. The molecule has 0 aromatic heterocycles. The first-order valence-electron chi connectivity index (χ1n) is 5.07. The number of alkyl halides is 2. The molecule has 0 aliphatic rings. The topological polar surface area (TPSA) is 54.4 Å². The normalized spacial score (nSPS) is 14.6. The summed E-state index contributed by atoms with van der Waals surface area (Å²) in [7, 11) is -3.47. The first-order valence-corrected chi connectivity index (χ1v) is 8.31. The molecule has 96 valence electrons. The lowest BCUT2D eigenvalue weighted by atomic mass is 10.1. The van der Waals surface area contributed by atoms with Gasteiger partial charge >= 0.3 is 0 Å². The van der Waals surface area contributed by atoms with Crippen molar-refractivity contribution in [2.75, 3.05) is 5.75 Å². The summed E-state index contributed by atoms with van der Waals surface area (Å²) in [6.45, 7) is 3.42. The highest BCUT2D eigenvalue weighted by atomic mass is 79.9. The van der Waals surface area contributed by atoms with Gasteiger partial charge in [0.2, 0.25) is 2.57 Å². The van der Waals surface area contributed by atoms with Crippen LogP contribution in [-0.2, 0) is 9.84 Å². The van der Waals surface area contributed by atoms with Gasteiger partial charge in [-0.25, -0.2) is 8.42 Å². The molecule has 0 amide bonds. The summed E-state index contributed by atoms with van der Waals surface area (Å²) < 4.78 is 22.2. The molecule has 6 heteroatoms. The van der Waals surface area contributed by atoms with E-state index in [-0.39, 0.29) is 5.75 Å². The van der Waals surface area contributed by atoms with Gasteiger partial charge < -0.3 is 5.11 Å². The van der Waals surface area contributed by atoms with Crippen molar-refractivity contribution >= 4 is 41.7 Å². The van der Waals surface area contributed by atoms with Crippen molar-refractivity contribution < 1.29 is 13.5 Å². The molecule has 1 atom stereocenters. The third-order valence-electron chi connectivity index (χ3n) is 2.47. The maximum Gasteiger partial charge on any atom is 0.210 e. The zero-order chi connectivity index (χ0) is 13.3. The molecule has 1 N–H and O–H groups in total. The largest absolute Gasteiger partial charge is 0.385 e. The van der Waals surface area contributed by atoms with Gasteiger partial charge in [-0.05, 0) is 12.5 Å². The smallest absolute Gasteiger partial charge is 0.210 e. The molecule has 0 bridgehead atoms. The van der Waals surface area contributed by atoms with Crippen molar-refractivity contribution in [2.45, 2.75) is 22.5 Å². The highest BCUT2D eigenvalue weighted by molar-refractivity contribution is 9.28. The van der Waals surface area contributed by atoms with Crippen molar-refractivity contribution in [1.82, 2.24) is 0 Å². The summed E-state index contributed by atoms with van der Waals surface area (Å²) in [5, 5.41) is 10.2. The molecule has 1 aromatic rings. The van der Waals surface area contributed by atoms with Crippen LogP contribution in [0.3, 0.4) is 0 Å². The van der Waals surface area contributed by atoms with Crippen LogP contribution in [0.25, 0.3) is 0 Å². The van der Waals surface area contributed by atoms with Crippen LogP contribution < -0.4 is 0 Å². The van der Waals surface area contributed by atoms with Crippen LogP contribution in [0, 0.1) is 6.92 Å². The first-order chi connectivity index (χ1) is 7.72. The third-order valence-corrected chi connectivity index (χ3v) is 8.11. The molecule has 0 fully saturated rings. The van der Waals surface area contributed by atoms with E-state index in [4.69, 9.17) is 0 Å². The zero-order valence-electron chi connectivity index (χ0n) is 9.52. The Kier molecular flexibility index (Phi) is 4.80. The molecule has 0 spiro atoms. The molecule has 0 unspecified atom stereocenters. The number of hydrogen-bond donors (Lipinski definition) is 1. The van der Waals surface area contributed by atoms with E-state index in [1.807, 2.05) is 13.0 Å². The highest BCUT2D eigenvalue weighted by Gasteiger charge is 2.45. The van der Waals surface area contributed by atoms with Crippen molar-refractivity contribution in [1.29, 1.82) is 0 Å². The number of rotatable bonds is 4. The number of hydrogen-bond acceptors (Lipinski definition) is 3. The van der Waals surface area contributed by atoms with Crippen molar-refractivity contribution in [3.8, 4) is 0 Å². The van der Waals surface area contributed by atoms with Gasteiger partial charge in [-0.2, -0.15) is 0 Å². The van der Waals surface area contributed by atoms with Crippen molar-refractivity contribution in [3.05, 3.63) is 35.4 Å². The molecule has 17 heavy (non-hydrogen) atoms. The van der Waals surface area contributed by atoms with E-state index >= 15 is 0 Å². The second kappa shape index (κ2) is 5.38. The van der Waals surface area contributed by atoms with Crippen LogP contribution in [0.4, 0.5) is 0 Å². The predicted octanol–water partition coefficient (Wildman–Crippen LogP) is 2.91. The minimum absolute atomic E-state index is 0.0631. The molecule has 0 saturated heterocycles. The minimum atomic E-state index is -3.47. The average Bonchev–Trinajstić information content (AvgIpc) is 2.27. The monoisotopic (exact) mass is 384 g/mol. The standard InChI is InChI=1S/C11H14Br2O3S/c1-3-17(15,16)11(12,13)10(14)9-6-4-5-8(2)7-9/h4-7,10,14H,3H2,1-2H3/t10-/m0/s1. The molecule has 1 rings (SSSR count). The van der Waals surface area contributed by atoms with Crippen LogP contribution in [0.2, 0.25) is 0 Å². The fourth-order valence-corrected chi connectivity index (χ4v) is 4.16. The van der Waals surface area contributed by atoms with Gasteiger partial charge in [0, 0.05) is 5.75 Å². The minimum Gasteiger partial charge on any atom is -0.385 e.